The molecule has 0 bridgehead atoms. The van der Waals surface area contributed by atoms with Crippen LogP contribution in [-0.2, 0) is 0 Å². The van der Waals surface area contributed by atoms with Crippen molar-refractivity contribution in [3.05, 3.63) is 23.9 Å². The molecule has 0 amide bonds. The zero-order valence-electron chi connectivity index (χ0n) is 11.1. The molecule has 2 rings (SSSR count). The molecule has 0 radical (unpaired) electrons. The Balaban J connectivity index is 2.03. The Morgan fingerprint density at radius 3 is 2.94 bits per heavy atom. The van der Waals surface area contributed by atoms with Gasteiger partial charge in [0.25, 0.3) is 0 Å². The van der Waals surface area contributed by atoms with E-state index in [9.17, 15) is 0 Å². The van der Waals surface area contributed by atoms with Crippen LogP contribution in [0, 0.1) is 5.92 Å². The fraction of sp³-hybridized carbons (Fsp3) is 0.643. The summed E-state index contributed by atoms with van der Waals surface area (Å²) in [5.41, 5.74) is 1.32. The Hall–Kier alpha value is -1.09. The number of nitrogens with one attached hydrogen (secondary N) is 1. The fourth-order valence-electron chi connectivity index (χ4n) is 2.12. The molecule has 3 heteroatoms. The van der Waals surface area contributed by atoms with Gasteiger partial charge in [-0.3, -0.25) is 0 Å². The van der Waals surface area contributed by atoms with Crippen molar-refractivity contribution in [2.24, 2.45) is 5.92 Å². The van der Waals surface area contributed by atoms with Crippen molar-refractivity contribution < 1.29 is 0 Å². The van der Waals surface area contributed by atoms with E-state index in [1.807, 2.05) is 6.20 Å². The van der Waals surface area contributed by atoms with Crippen molar-refractivity contribution in [3.63, 3.8) is 0 Å². The van der Waals surface area contributed by atoms with E-state index >= 15 is 0 Å². The normalized spacial score (nSPS) is 16.9. The van der Waals surface area contributed by atoms with Crippen LogP contribution >= 0.6 is 0 Å². The molecule has 1 heterocycles. The molecule has 0 aliphatic heterocycles. The van der Waals surface area contributed by atoms with Gasteiger partial charge in [-0.25, -0.2) is 4.98 Å². The van der Waals surface area contributed by atoms with Gasteiger partial charge in [0, 0.05) is 25.8 Å². The number of rotatable bonds is 6. The quantitative estimate of drug-likeness (QED) is 0.818. The maximum Gasteiger partial charge on any atom is 0.128 e. The lowest BCUT2D eigenvalue weighted by atomic mass is 10.1. The summed E-state index contributed by atoms with van der Waals surface area (Å²) in [7, 11) is 2.14. The van der Waals surface area contributed by atoms with Crippen LogP contribution in [0.15, 0.2) is 18.3 Å². The summed E-state index contributed by atoms with van der Waals surface area (Å²) < 4.78 is 0. The van der Waals surface area contributed by atoms with Crippen LogP contribution < -0.4 is 10.2 Å². The van der Waals surface area contributed by atoms with Crippen LogP contribution in [0.2, 0.25) is 0 Å². The number of hydrogen-bond acceptors (Lipinski definition) is 3. The highest BCUT2D eigenvalue weighted by Crippen LogP contribution is 2.30. The van der Waals surface area contributed by atoms with E-state index in [0.29, 0.717) is 6.04 Å². The first kappa shape index (κ1) is 12.4. The first-order chi connectivity index (χ1) is 8.20. The number of anilines is 1. The molecule has 1 aliphatic carbocycles. The largest absolute Gasteiger partial charge is 0.359 e. The third-order valence-corrected chi connectivity index (χ3v) is 3.40. The van der Waals surface area contributed by atoms with Gasteiger partial charge in [-0.15, -0.1) is 0 Å². The monoisotopic (exact) mass is 233 g/mol. The van der Waals surface area contributed by atoms with Crippen LogP contribution in [-0.4, -0.2) is 25.1 Å². The predicted molar refractivity (Wildman–Crippen MR) is 72.3 cm³/mol. The Bertz CT molecular complexity index is 360. The molecule has 0 aromatic carbocycles. The minimum Gasteiger partial charge on any atom is -0.359 e. The first-order valence-electron chi connectivity index (χ1n) is 6.61. The Morgan fingerprint density at radius 1 is 1.53 bits per heavy atom. The fourth-order valence-corrected chi connectivity index (χ4v) is 2.12. The highest BCUT2D eigenvalue weighted by molar-refractivity contribution is 5.41. The summed E-state index contributed by atoms with van der Waals surface area (Å²) in [6.07, 6.45) is 4.69. The van der Waals surface area contributed by atoms with Crippen molar-refractivity contribution in [2.45, 2.75) is 32.7 Å². The molecule has 1 aliphatic rings. The van der Waals surface area contributed by atoms with Crippen molar-refractivity contribution in [2.75, 3.05) is 25.0 Å². The number of nitrogens with zero attached hydrogens (tertiary/aromatic N) is 2. The van der Waals surface area contributed by atoms with Gasteiger partial charge >= 0.3 is 0 Å². The minimum absolute atomic E-state index is 0.399. The summed E-state index contributed by atoms with van der Waals surface area (Å²) in [6.45, 7) is 6.48. The van der Waals surface area contributed by atoms with Crippen molar-refractivity contribution in [3.8, 4) is 0 Å². The topological polar surface area (TPSA) is 28.2 Å². The number of aromatic nitrogens is 1. The standard InChI is InChI=1S/C14H23N3/c1-4-15-11(2)13-7-8-16-14(9-13)17(3)10-12-5-6-12/h7-9,11-12,15H,4-6,10H2,1-3H3. The second-order valence-corrected chi connectivity index (χ2v) is 5.05. The van der Waals surface area contributed by atoms with E-state index in [4.69, 9.17) is 0 Å². The molecule has 1 fully saturated rings. The van der Waals surface area contributed by atoms with Crippen LogP contribution in [0.5, 0.6) is 0 Å². The third kappa shape index (κ3) is 3.43. The maximum absolute atomic E-state index is 4.46. The van der Waals surface area contributed by atoms with Gasteiger partial charge in [0.05, 0.1) is 0 Å². The van der Waals surface area contributed by atoms with Gasteiger partial charge in [-0.1, -0.05) is 6.92 Å². The van der Waals surface area contributed by atoms with Gasteiger partial charge < -0.3 is 10.2 Å². The molecular formula is C14H23N3. The van der Waals surface area contributed by atoms with E-state index in [1.165, 1.54) is 18.4 Å². The van der Waals surface area contributed by atoms with Crippen LogP contribution in [0.4, 0.5) is 5.82 Å². The summed E-state index contributed by atoms with van der Waals surface area (Å²) in [6, 6.07) is 4.70. The smallest absolute Gasteiger partial charge is 0.128 e. The average Bonchev–Trinajstić information content (AvgIpc) is 3.13. The lowest BCUT2D eigenvalue weighted by Crippen LogP contribution is -2.22. The van der Waals surface area contributed by atoms with Crippen LogP contribution in [0.3, 0.4) is 0 Å². The second kappa shape index (κ2) is 5.50. The van der Waals surface area contributed by atoms with Gasteiger partial charge in [0.2, 0.25) is 0 Å². The Labute approximate surface area is 104 Å². The first-order valence-corrected chi connectivity index (χ1v) is 6.61. The molecule has 0 spiro atoms. The van der Waals surface area contributed by atoms with E-state index in [1.54, 1.807) is 0 Å². The molecule has 1 saturated carbocycles. The second-order valence-electron chi connectivity index (χ2n) is 5.05. The molecule has 94 valence electrons. The molecule has 1 N–H and O–H groups in total. The average molecular weight is 233 g/mol. The zero-order valence-corrected chi connectivity index (χ0v) is 11.1. The van der Waals surface area contributed by atoms with Crippen molar-refractivity contribution in [1.29, 1.82) is 0 Å². The van der Waals surface area contributed by atoms with Gasteiger partial charge in [0.1, 0.15) is 5.82 Å². The van der Waals surface area contributed by atoms with E-state index < -0.39 is 0 Å². The molecule has 1 atom stereocenters. The van der Waals surface area contributed by atoms with Crippen LogP contribution in [0.25, 0.3) is 0 Å². The summed E-state index contributed by atoms with van der Waals surface area (Å²) >= 11 is 0. The molecule has 17 heavy (non-hydrogen) atoms. The molecular weight excluding hydrogens is 210 g/mol. The number of hydrogen-bond donors (Lipinski definition) is 1. The molecule has 1 unspecified atom stereocenters. The van der Waals surface area contributed by atoms with Gasteiger partial charge in [-0.05, 0) is 49.9 Å². The summed E-state index contributed by atoms with van der Waals surface area (Å²) in [5, 5.41) is 3.43. The zero-order chi connectivity index (χ0) is 12.3. The Kier molecular flexibility index (Phi) is 4.00. The third-order valence-electron chi connectivity index (χ3n) is 3.40. The summed E-state index contributed by atoms with van der Waals surface area (Å²) in [4.78, 5) is 6.74. The SMILES string of the molecule is CCNC(C)c1ccnc(N(C)CC2CC2)c1. The highest BCUT2D eigenvalue weighted by Gasteiger charge is 2.23. The van der Waals surface area contributed by atoms with Gasteiger partial charge in [0.15, 0.2) is 0 Å². The van der Waals surface area contributed by atoms with Crippen molar-refractivity contribution in [1.82, 2.24) is 10.3 Å². The molecule has 0 saturated heterocycles. The molecule has 3 nitrogen and oxygen atoms in total. The Morgan fingerprint density at radius 2 is 2.29 bits per heavy atom. The maximum atomic E-state index is 4.46. The number of pyridine rings is 1. The van der Waals surface area contributed by atoms with E-state index in [0.717, 1.165) is 24.8 Å². The van der Waals surface area contributed by atoms with Crippen LogP contribution in [0.1, 0.15) is 38.3 Å². The van der Waals surface area contributed by atoms with Gasteiger partial charge in [-0.2, -0.15) is 0 Å². The minimum atomic E-state index is 0.399. The lowest BCUT2D eigenvalue weighted by molar-refractivity contribution is 0.597. The lowest BCUT2D eigenvalue weighted by Gasteiger charge is -2.20. The highest BCUT2D eigenvalue weighted by atomic mass is 15.2. The molecule has 1 aromatic rings. The van der Waals surface area contributed by atoms with E-state index in [2.05, 4.69) is 48.2 Å². The summed E-state index contributed by atoms with van der Waals surface area (Å²) in [5.74, 6) is 2.00. The molecule has 1 aromatic heterocycles. The predicted octanol–water partition coefficient (Wildman–Crippen LogP) is 2.60. The van der Waals surface area contributed by atoms with Crippen molar-refractivity contribution >= 4 is 5.82 Å². The van der Waals surface area contributed by atoms with E-state index in [-0.39, 0.29) is 0 Å².